The first-order valence-corrected chi connectivity index (χ1v) is 12.6. The zero-order valence-corrected chi connectivity index (χ0v) is 19.5. The van der Waals surface area contributed by atoms with Crippen LogP contribution in [0.5, 0.6) is 0 Å². The number of hydrogen-bond donors (Lipinski definition) is 2. The number of piperidine rings is 1. The Morgan fingerprint density at radius 3 is 2.53 bits per heavy atom. The first kappa shape index (κ1) is 21.8. The number of carboxylic acids is 1. The lowest BCUT2D eigenvalue weighted by Crippen LogP contribution is -2.44. The van der Waals surface area contributed by atoms with E-state index >= 15 is 0 Å². The van der Waals surface area contributed by atoms with Gasteiger partial charge in [-0.15, -0.1) is 0 Å². The van der Waals surface area contributed by atoms with E-state index in [0.29, 0.717) is 24.4 Å². The molecule has 1 amide bonds. The van der Waals surface area contributed by atoms with Crippen molar-refractivity contribution >= 4 is 11.9 Å². The van der Waals surface area contributed by atoms with Crippen LogP contribution in [0.3, 0.4) is 0 Å². The maximum atomic E-state index is 12.7. The third-order valence-corrected chi connectivity index (χ3v) is 8.59. The molecular formula is C28H32N2O4. The standard InChI is InChI=1S/C28H32N2O4/c31-26(25-2-1-13-34-25)30-11-9-28(10-12-30)15-24(28)19-5-3-18(4-6-19)20-7-8-22-21(14-20)16-29-17-23(22)27(32)33/h3-8,14,23-25,29H,1-2,9-13,15-17H2,(H,32,33)/t23?,24-,25-/m1/s1. The van der Waals surface area contributed by atoms with Gasteiger partial charge in [0, 0.05) is 32.8 Å². The monoisotopic (exact) mass is 460 g/mol. The quantitative estimate of drug-likeness (QED) is 0.724. The molecule has 178 valence electrons. The van der Waals surface area contributed by atoms with Crippen LogP contribution in [0.25, 0.3) is 11.1 Å². The van der Waals surface area contributed by atoms with Crippen LogP contribution in [0, 0.1) is 5.41 Å². The highest BCUT2D eigenvalue weighted by molar-refractivity contribution is 5.81. The van der Waals surface area contributed by atoms with Crippen molar-refractivity contribution in [2.45, 2.75) is 56.6 Å². The molecule has 1 spiro atoms. The minimum absolute atomic E-state index is 0.198. The Kier molecular flexibility index (Phi) is 5.46. The number of benzene rings is 2. The first-order valence-electron chi connectivity index (χ1n) is 12.6. The van der Waals surface area contributed by atoms with Crippen molar-refractivity contribution in [3.63, 3.8) is 0 Å². The molecule has 2 saturated heterocycles. The molecule has 3 fully saturated rings. The molecule has 2 aromatic carbocycles. The van der Waals surface area contributed by atoms with Crippen LogP contribution in [0.4, 0.5) is 0 Å². The maximum Gasteiger partial charge on any atom is 0.312 e. The molecule has 0 bridgehead atoms. The van der Waals surface area contributed by atoms with Crippen LogP contribution in [0.1, 0.15) is 60.6 Å². The van der Waals surface area contributed by atoms with Gasteiger partial charge in [-0.3, -0.25) is 9.59 Å². The minimum atomic E-state index is -0.772. The number of ether oxygens (including phenoxy) is 1. The van der Waals surface area contributed by atoms with E-state index in [1.807, 2.05) is 11.0 Å². The van der Waals surface area contributed by atoms with Gasteiger partial charge in [-0.2, -0.15) is 0 Å². The zero-order chi connectivity index (χ0) is 23.3. The fourth-order valence-corrected chi connectivity index (χ4v) is 6.39. The van der Waals surface area contributed by atoms with E-state index in [1.54, 1.807) is 0 Å². The summed E-state index contributed by atoms with van der Waals surface area (Å²) < 4.78 is 5.60. The summed E-state index contributed by atoms with van der Waals surface area (Å²) in [4.78, 5) is 26.2. The third kappa shape index (κ3) is 3.83. The van der Waals surface area contributed by atoms with E-state index in [-0.39, 0.29) is 12.0 Å². The largest absolute Gasteiger partial charge is 0.481 e. The number of likely N-dealkylation sites (tertiary alicyclic amines) is 1. The predicted octanol–water partition coefficient (Wildman–Crippen LogP) is 3.90. The van der Waals surface area contributed by atoms with Gasteiger partial charge in [0.15, 0.2) is 0 Å². The van der Waals surface area contributed by atoms with Crippen molar-refractivity contribution < 1.29 is 19.4 Å². The summed E-state index contributed by atoms with van der Waals surface area (Å²) in [6.07, 6.45) is 5.05. The molecule has 4 aliphatic rings. The number of nitrogens with zero attached hydrogens (tertiary/aromatic N) is 1. The highest BCUT2D eigenvalue weighted by Crippen LogP contribution is 2.65. The summed E-state index contributed by atoms with van der Waals surface area (Å²) in [5.74, 6) is -0.459. The summed E-state index contributed by atoms with van der Waals surface area (Å²) >= 11 is 0. The SMILES string of the molecule is O=C(O)C1CNCc2cc(-c3ccc([C@H]4CC45CCN(C(=O)[C@H]4CCCO4)CC5)cc3)ccc21. The molecule has 1 aliphatic carbocycles. The van der Waals surface area contributed by atoms with E-state index < -0.39 is 11.9 Å². The van der Waals surface area contributed by atoms with Gasteiger partial charge in [-0.25, -0.2) is 0 Å². The average Bonchev–Trinajstić information content (AvgIpc) is 3.28. The Labute approximate surface area is 200 Å². The molecule has 0 radical (unpaired) electrons. The van der Waals surface area contributed by atoms with Gasteiger partial charge in [-0.1, -0.05) is 36.4 Å². The second kappa shape index (κ2) is 8.51. The van der Waals surface area contributed by atoms with Crippen molar-refractivity contribution in [2.75, 3.05) is 26.2 Å². The van der Waals surface area contributed by atoms with Crippen molar-refractivity contribution in [3.8, 4) is 11.1 Å². The van der Waals surface area contributed by atoms with E-state index in [9.17, 15) is 14.7 Å². The highest BCUT2D eigenvalue weighted by atomic mass is 16.5. The van der Waals surface area contributed by atoms with Gasteiger partial charge in [-0.05, 0) is 77.3 Å². The summed E-state index contributed by atoms with van der Waals surface area (Å²) in [5, 5.41) is 12.7. The zero-order valence-electron chi connectivity index (χ0n) is 19.5. The second-order valence-electron chi connectivity index (χ2n) is 10.5. The minimum Gasteiger partial charge on any atom is -0.481 e. The van der Waals surface area contributed by atoms with Crippen LogP contribution in [-0.4, -0.2) is 54.2 Å². The van der Waals surface area contributed by atoms with Crippen LogP contribution in [0.15, 0.2) is 42.5 Å². The molecule has 1 saturated carbocycles. The summed E-state index contributed by atoms with van der Waals surface area (Å²) in [7, 11) is 0. The molecule has 3 atom stereocenters. The van der Waals surface area contributed by atoms with Gasteiger partial charge < -0.3 is 20.1 Å². The molecule has 6 rings (SSSR count). The van der Waals surface area contributed by atoms with Gasteiger partial charge in [0.1, 0.15) is 6.10 Å². The third-order valence-electron chi connectivity index (χ3n) is 8.59. The van der Waals surface area contributed by atoms with Crippen LogP contribution >= 0.6 is 0 Å². The van der Waals surface area contributed by atoms with Crippen molar-refractivity contribution in [1.82, 2.24) is 10.2 Å². The summed E-state index contributed by atoms with van der Waals surface area (Å²) in [6.45, 7) is 3.63. The number of nitrogens with one attached hydrogen (secondary N) is 1. The van der Waals surface area contributed by atoms with Crippen LogP contribution in [0.2, 0.25) is 0 Å². The Balaban J connectivity index is 1.11. The molecule has 3 heterocycles. The molecule has 6 heteroatoms. The molecular weight excluding hydrogens is 428 g/mol. The molecule has 6 nitrogen and oxygen atoms in total. The molecule has 3 aliphatic heterocycles. The van der Waals surface area contributed by atoms with Gasteiger partial charge in [0.25, 0.3) is 5.91 Å². The number of fused-ring (bicyclic) bond motifs is 1. The fourth-order valence-electron chi connectivity index (χ4n) is 6.39. The Morgan fingerprint density at radius 1 is 1.06 bits per heavy atom. The molecule has 0 aromatic heterocycles. The number of carbonyl (C=O) groups excluding carboxylic acids is 1. The number of amides is 1. The van der Waals surface area contributed by atoms with Gasteiger partial charge >= 0.3 is 5.97 Å². The topological polar surface area (TPSA) is 78.9 Å². The first-order chi connectivity index (χ1) is 16.5. The van der Waals surface area contributed by atoms with Gasteiger partial charge in [0.05, 0.1) is 5.92 Å². The van der Waals surface area contributed by atoms with E-state index in [2.05, 4.69) is 41.7 Å². The Morgan fingerprint density at radius 2 is 1.82 bits per heavy atom. The number of carboxylic acid groups (broad SMARTS) is 1. The van der Waals surface area contributed by atoms with Crippen LogP contribution in [-0.2, 0) is 20.9 Å². The Hall–Kier alpha value is -2.70. The number of aliphatic carboxylic acids is 1. The predicted molar refractivity (Wildman–Crippen MR) is 129 cm³/mol. The molecule has 1 unspecified atom stereocenters. The van der Waals surface area contributed by atoms with Crippen molar-refractivity contribution in [1.29, 1.82) is 0 Å². The number of hydrogen-bond acceptors (Lipinski definition) is 4. The maximum absolute atomic E-state index is 12.7. The molecule has 34 heavy (non-hydrogen) atoms. The summed E-state index contributed by atoms with van der Waals surface area (Å²) in [5.41, 5.74) is 6.05. The normalized spacial score (nSPS) is 27.4. The smallest absolute Gasteiger partial charge is 0.312 e. The van der Waals surface area contributed by atoms with E-state index in [4.69, 9.17) is 4.74 Å². The van der Waals surface area contributed by atoms with Gasteiger partial charge in [0.2, 0.25) is 0 Å². The Bertz CT molecular complexity index is 1100. The summed E-state index contributed by atoms with van der Waals surface area (Å²) in [6, 6.07) is 15.1. The molecule has 2 aromatic rings. The highest BCUT2D eigenvalue weighted by Gasteiger charge is 2.55. The molecule has 2 N–H and O–H groups in total. The fraction of sp³-hybridized carbons (Fsp3) is 0.500. The van der Waals surface area contributed by atoms with Crippen molar-refractivity contribution in [3.05, 3.63) is 59.2 Å². The van der Waals surface area contributed by atoms with Crippen LogP contribution < -0.4 is 5.32 Å². The van der Waals surface area contributed by atoms with Crippen molar-refractivity contribution in [2.24, 2.45) is 5.41 Å². The lowest BCUT2D eigenvalue weighted by atomic mass is 9.87. The average molecular weight is 461 g/mol. The number of rotatable bonds is 4. The second-order valence-corrected chi connectivity index (χ2v) is 10.5. The lowest BCUT2D eigenvalue weighted by Gasteiger charge is -2.34. The number of carbonyl (C=O) groups is 2. The lowest BCUT2D eigenvalue weighted by molar-refractivity contribution is -0.142. The van der Waals surface area contributed by atoms with E-state index in [0.717, 1.165) is 67.6 Å². The van der Waals surface area contributed by atoms with E-state index in [1.165, 1.54) is 12.0 Å².